The van der Waals surface area contributed by atoms with Crippen molar-refractivity contribution < 1.29 is 14.3 Å². The number of nitrogens with zero attached hydrogens (tertiary/aromatic N) is 4. The molecule has 184 valence electrons. The van der Waals surface area contributed by atoms with Gasteiger partial charge >= 0.3 is 6.09 Å². The highest BCUT2D eigenvalue weighted by atomic mass is 79.9. The fourth-order valence-electron chi connectivity index (χ4n) is 4.72. The fraction of sp³-hybridized carbons (Fsp3) is 0.423. The molecule has 3 aromatic rings. The standard InChI is InChI=1S/C26H30BrN5O3/c1-5-32-22-15-31(14-19(22)12-28-32)24(33)18-9-17-11-21(29-23(17)20(27)10-18)16-7-6-8-30(13-16)25(34)35-26(2,3)4/h7,9-12,29H,5-6,8,13-15H2,1-4H3. The number of aromatic nitrogens is 3. The number of amides is 2. The number of benzene rings is 1. The molecule has 0 atom stereocenters. The first-order valence-electron chi connectivity index (χ1n) is 12.0. The minimum absolute atomic E-state index is 0.00202. The van der Waals surface area contributed by atoms with Gasteiger partial charge in [-0.3, -0.25) is 9.48 Å². The average Bonchev–Trinajstić information content (AvgIpc) is 3.51. The van der Waals surface area contributed by atoms with Crippen LogP contribution in [0.25, 0.3) is 16.5 Å². The van der Waals surface area contributed by atoms with Crippen molar-refractivity contribution in [2.24, 2.45) is 0 Å². The third-order valence-electron chi connectivity index (χ3n) is 6.40. The average molecular weight is 540 g/mol. The molecule has 9 heteroatoms. The van der Waals surface area contributed by atoms with E-state index in [-0.39, 0.29) is 12.0 Å². The molecular weight excluding hydrogens is 510 g/mol. The number of rotatable bonds is 3. The second-order valence-electron chi connectivity index (χ2n) is 10.1. The highest BCUT2D eigenvalue weighted by molar-refractivity contribution is 9.10. The van der Waals surface area contributed by atoms with Gasteiger partial charge in [-0.25, -0.2) is 4.79 Å². The Morgan fingerprint density at radius 2 is 1.94 bits per heavy atom. The lowest BCUT2D eigenvalue weighted by molar-refractivity contribution is 0.0273. The van der Waals surface area contributed by atoms with Crippen molar-refractivity contribution in [2.45, 2.75) is 59.4 Å². The van der Waals surface area contributed by atoms with Crippen LogP contribution < -0.4 is 0 Å². The van der Waals surface area contributed by atoms with E-state index >= 15 is 0 Å². The topological polar surface area (TPSA) is 83.5 Å². The number of hydrogen-bond donors (Lipinski definition) is 1. The van der Waals surface area contributed by atoms with Crippen LogP contribution in [-0.4, -0.2) is 55.3 Å². The fourth-order valence-corrected chi connectivity index (χ4v) is 5.30. The zero-order valence-electron chi connectivity index (χ0n) is 20.5. The van der Waals surface area contributed by atoms with E-state index in [0.717, 1.165) is 50.9 Å². The van der Waals surface area contributed by atoms with Gasteiger partial charge in [0.05, 0.1) is 30.5 Å². The van der Waals surface area contributed by atoms with Crippen molar-refractivity contribution >= 4 is 44.4 Å². The third-order valence-corrected chi connectivity index (χ3v) is 7.02. The minimum atomic E-state index is -0.528. The zero-order valence-corrected chi connectivity index (χ0v) is 22.1. The van der Waals surface area contributed by atoms with Crippen molar-refractivity contribution in [3.8, 4) is 0 Å². The Hall–Kier alpha value is -3.07. The van der Waals surface area contributed by atoms with Gasteiger partial charge in [-0.05, 0) is 73.8 Å². The predicted molar refractivity (Wildman–Crippen MR) is 138 cm³/mol. The number of H-pyrrole nitrogens is 1. The number of aromatic amines is 1. The molecule has 2 aliphatic heterocycles. The molecule has 1 N–H and O–H groups in total. The quantitative estimate of drug-likeness (QED) is 0.487. The number of nitrogens with one attached hydrogen (secondary N) is 1. The third kappa shape index (κ3) is 4.61. The number of carbonyl (C=O) groups excluding carboxylic acids is 2. The number of hydrogen-bond acceptors (Lipinski definition) is 4. The monoisotopic (exact) mass is 539 g/mol. The summed E-state index contributed by atoms with van der Waals surface area (Å²) in [6.45, 7) is 10.7. The van der Waals surface area contributed by atoms with Gasteiger partial charge in [0, 0.05) is 46.3 Å². The molecule has 2 aliphatic rings. The van der Waals surface area contributed by atoms with E-state index in [9.17, 15) is 9.59 Å². The van der Waals surface area contributed by atoms with Crippen LogP contribution in [0.5, 0.6) is 0 Å². The van der Waals surface area contributed by atoms with E-state index < -0.39 is 5.60 Å². The molecule has 35 heavy (non-hydrogen) atoms. The number of halogens is 1. The van der Waals surface area contributed by atoms with Gasteiger partial charge in [0.1, 0.15) is 5.60 Å². The van der Waals surface area contributed by atoms with Crippen LogP contribution in [0.3, 0.4) is 0 Å². The molecule has 2 aromatic heterocycles. The summed E-state index contributed by atoms with van der Waals surface area (Å²) in [6, 6.07) is 5.86. The lowest BCUT2D eigenvalue weighted by Crippen LogP contribution is -2.39. The number of ether oxygens (including phenoxy) is 1. The van der Waals surface area contributed by atoms with Gasteiger partial charge in [0.25, 0.3) is 5.91 Å². The smallest absolute Gasteiger partial charge is 0.410 e. The second kappa shape index (κ2) is 8.86. The molecule has 1 aromatic carbocycles. The maximum atomic E-state index is 13.3. The van der Waals surface area contributed by atoms with Crippen LogP contribution in [0.15, 0.2) is 34.9 Å². The van der Waals surface area contributed by atoms with E-state index in [1.807, 2.05) is 48.7 Å². The highest BCUT2D eigenvalue weighted by Gasteiger charge is 2.29. The van der Waals surface area contributed by atoms with Crippen molar-refractivity contribution in [2.75, 3.05) is 13.1 Å². The SMILES string of the molecule is CCn1ncc2c1CN(C(=O)c1cc(Br)c3[nH]c(C4=CCCN(C(=O)OC(C)(C)C)C4)cc3c1)C2. The number of carbonyl (C=O) groups is 2. The van der Waals surface area contributed by atoms with Crippen LogP contribution in [0.2, 0.25) is 0 Å². The van der Waals surface area contributed by atoms with Gasteiger partial charge in [0.2, 0.25) is 0 Å². The molecule has 0 saturated carbocycles. The lowest BCUT2D eigenvalue weighted by atomic mass is 10.1. The highest BCUT2D eigenvalue weighted by Crippen LogP contribution is 2.32. The summed E-state index contributed by atoms with van der Waals surface area (Å²) < 4.78 is 8.35. The Balaban J connectivity index is 1.36. The van der Waals surface area contributed by atoms with Crippen molar-refractivity contribution in [3.05, 3.63) is 57.5 Å². The molecule has 0 radical (unpaired) electrons. The van der Waals surface area contributed by atoms with Gasteiger partial charge in [-0.2, -0.15) is 5.10 Å². The summed E-state index contributed by atoms with van der Waals surface area (Å²) in [5.41, 5.74) is 5.25. The van der Waals surface area contributed by atoms with E-state index in [1.165, 1.54) is 0 Å². The van der Waals surface area contributed by atoms with Crippen molar-refractivity contribution in [3.63, 3.8) is 0 Å². The van der Waals surface area contributed by atoms with Gasteiger partial charge in [-0.15, -0.1) is 0 Å². The van der Waals surface area contributed by atoms with Gasteiger partial charge in [-0.1, -0.05) is 6.08 Å². The van der Waals surface area contributed by atoms with Gasteiger partial charge in [0.15, 0.2) is 0 Å². The summed E-state index contributed by atoms with van der Waals surface area (Å²) in [5, 5.41) is 5.34. The largest absolute Gasteiger partial charge is 0.444 e. The predicted octanol–water partition coefficient (Wildman–Crippen LogP) is 5.33. The van der Waals surface area contributed by atoms with Crippen LogP contribution in [0.4, 0.5) is 4.79 Å². The van der Waals surface area contributed by atoms with E-state index in [2.05, 4.69) is 45.1 Å². The van der Waals surface area contributed by atoms with Crippen molar-refractivity contribution in [1.29, 1.82) is 0 Å². The summed E-state index contributed by atoms with van der Waals surface area (Å²) in [4.78, 5) is 33.0. The molecule has 8 nitrogen and oxygen atoms in total. The summed E-state index contributed by atoms with van der Waals surface area (Å²) in [5.74, 6) is 0.00202. The first-order chi connectivity index (χ1) is 16.6. The number of fused-ring (bicyclic) bond motifs is 2. The second-order valence-corrected chi connectivity index (χ2v) is 11.0. The summed E-state index contributed by atoms with van der Waals surface area (Å²) in [7, 11) is 0. The van der Waals surface area contributed by atoms with Crippen LogP contribution in [-0.2, 0) is 24.4 Å². The maximum Gasteiger partial charge on any atom is 0.410 e. The lowest BCUT2D eigenvalue weighted by Gasteiger charge is -2.30. The minimum Gasteiger partial charge on any atom is -0.444 e. The maximum absolute atomic E-state index is 13.3. The first-order valence-corrected chi connectivity index (χ1v) is 12.7. The molecule has 5 rings (SSSR count). The zero-order chi connectivity index (χ0) is 24.9. The van der Waals surface area contributed by atoms with Crippen LogP contribution in [0, 0.1) is 0 Å². The molecule has 0 spiro atoms. The molecule has 4 heterocycles. The van der Waals surface area contributed by atoms with E-state index in [4.69, 9.17) is 4.74 Å². The molecule has 0 unspecified atom stereocenters. The Morgan fingerprint density at radius 3 is 2.69 bits per heavy atom. The Bertz CT molecular complexity index is 1350. The normalized spacial score (nSPS) is 16.0. The molecule has 0 saturated heterocycles. The molecule has 0 fully saturated rings. The van der Waals surface area contributed by atoms with Gasteiger partial charge < -0.3 is 19.5 Å². The van der Waals surface area contributed by atoms with Crippen LogP contribution >= 0.6 is 15.9 Å². The molecular formula is C26H30BrN5O3. The Morgan fingerprint density at radius 1 is 1.14 bits per heavy atom. The van der Waals surface area contributed by atoms with E-state index in [0.29, 0.717) is 31.7 Å². The van der Waals surface area contributed by atoms with Crippen LogP contribution in [0.1, 0.15) is 61.4 Å². The van der Waals surface area contributed by atoms with Crippen molar-refractivity contribution in [1.82, 2.24) is 24.6 Å². The molecule has 0 aliphatic carbocycles. The Labute approximate surface area is 213 Å². The summed E-state index contributed by atoms with van der Waals surface area (Å²) in [6.07, 6.45) is 4.48. The molecule has 0 bridgehead atoms. The summed E-state index contributed by atoms with van der Waals surface area (Å²) >= 11 is 3.65. The Kier molecular flexibility index (Phi) is 5.99. The van der Waals surface area contributed by atoms with E-state index in [1.54, 1.807) is 4.90 Å². The number of aryl methyl sites for hydroxylation is 1. The molecule has 2 amide bonds. The first kappa shape index (κ1) is 23.7.